The molecule has 5 rings (SSSR count). The number of carbonyl (C=O) groups is 2. The third kappa shape index (κ3) is 3.75. The summed E-state index contributed by atoms with van der Waals surface area (Å²) in [4.78, 5) is 37.6. The van der Waals surface area contributed by atoms with Gasteiger partial charge in [-0.3, -0.25) is 14.0 Å². The van der Waals surface area contributed by atoms with E-state index in [4.69, 9.17) is 0 Å². The second kappa shape index (κ2) is 8.70. The summed E-state index contributed by atoms with van der Waals surface area (Å²) in [5, 5.41) is 3.88. The van der Waals surface area contributed by atoms with Gasteiger partial charge in [-0.05, 0) is 42.3 Å². The van der Waals surface area contributed by atoms with E-state index in [0.29, 0.717) is 24.4 Å². The maximum atomic E-state index is 13.5. The minimum Gasteiger partial charge on any atom is -0.354 e. The number of thiophene rings is 1. The normalized spacial score (nSPS) is 16.9. The minimum atomic E-state index is -0.0703. The van der Waals surface area contributed by atoms with Crippen molar-refractivity contribution < 1.29 is 9.59 Å². The highest BCUT2D eigenvalue weighted by Crippen LogP contribution is 2.34. The van der Waals surface area contributed by atoms with Crippen LogP contribution in [-0.4, -0.2) is 50.7 Å². The van der Waals surface area contributed by atoms with Gasteiger partial charge in [0.2, 0.25) is 5.78 Å². The molecule has 0 radical (unpaired) electrons. The second-order valence-corrected chi connectivity index (χ2v) is 9.20. The topological polar surface area (TPSA) is 79.6 Å². The van der Waals surface area contributed by atoms with E-state index in [1.165, 1.54) is 11.3 Å². The van der Waals surface area contributed by atoms with Gasteiger partial charge in [0.05, 0.1) is 4.88 Å². The molecule has 1 N–H and O–H groups in total. The van der Waals surface area contributed by atoms with Gasteiger partial charge in [0.15, 0.2) is 0 Å². The number of likely N-dealkylation sites (tertiary alicyclic amines) is 1. The molecule has 164 valence electrons. The Kier molecular flexibility index (Phi) is 5.61. The lowest BCUT2D eigenvalue weighted by Gasteiger charge is -2.30. The number of amides is 2. The van der Waals surface area contributed by atoms with Gasteiger partial charge in [-0.25, -0.2) is 9.97 Å². The summed E-state index contributed by atoms with van der Waals surface area (Å²) in [6.07, 6.45) is 9.98. The first kappa shape index (κ1) is 20.6. The Bertz CT molecular complexity index is 1260. The van der Waals surface area contributed by atoms with Crippen LogP contribution < -0.4 is 5.32 Å². The third-order valence-electron chi connectivity index (χ3n) is 6.16. The molecule has 0 bridgehead atoms. The molecular formula is C24H25N5O2S. The van der Waals surface area contributed by atoms with Crippen molar-refractivity contribution in [2.24, 2.45) is 0 Å². The number of nitrogens with one attached hydrogen (secondary N) is 1. The molecule has 3 aromatic heterocycles. The van der Waals surface area contributed by atoms with Crippen molar-refractivity contribution in [1.82, 2.24) is 24.6 Å². The monoisotopic (exact) mass is 447 g/mol. The number of hydrogen-bond acceptors (Lipinski definition) is 5. The van der Waals surface area contributed by atoms with E-state index in [1.807, 2.05) is 29.3 Å². The Morgan fingerprint density at radius 3 is 2.91 bits per heavy atom. The highest BCUT2D eigenvalue weighted by atomic mass is 32.1. The predicted octanol–water partition coefficient (Wildman–Crippen LogP) is 3.93. The maximum Gasteiger partial charge on any atom is 0.274 e. The summed E-state index contributed by atoms with van der Waals surface area (Å²) >= 11 is 1.52. The van der Waals surface area contributed by atoms with Crippen molar-refractivity contribution in [1.29, 1.82) is 0 Å². The van der Waals surface area contributed by atoms with E-state index in [0.717, 1.165) is 46.2 Å². The van der Waals surface area contributed by atoms with E-state index >= 15 is 0 Å². The average molecular weight is 448 g/mol. The third-order valence-corrected chi connectivity index (χ3v) is 7.38. The molecule has 0 aliphatic carbocycles. The number of nitrogens with zero attached hydrogens (tertiary/aromatic N) is 4. The van der Waals surface area contributed by atoms with Gasteiger partial charge in [-0.2, -0.15) is 0 Å². The Hall–Kier alpha value is -3.26. The van der Waals surface area contributed by atoms with Crippen LogP contribution in [0.1, 0.15) is 51.4 Å². The van der Waals surface area contributed by atoms with Crippen LogP contribution in [0, 0.1) is 0 Å². The Morgan fingerprint density at radius 2 is 2.06 bits per heavy atom. The molecule has 1 saturated heterocycles. The van der Waals surface area contributed by atoms with Crippen LogP contribution in [0.5, 0.6) is 0 Å². The molecule has 1 aliphatic heterocycles. The van der Waals surface area contributed by atoms with Crippen molar-refractivity contribution >= 4 is 39.0 Å². The van der Waals surface area contributed by atoms with Crippen LogP contribution in [0.4, 0.5) is 0 Å². The first-order chi connectivity index (χ1) is 15.7. The molecule has 7 nitrogen and oxygen atoms in total. The zero-order valence-corrected chi connectivity index (χ0v) is 18.8. The van der Waals surface area contributed by atoms with Crippen LogP contribution in [0.3, 0.4) is 0 Å². The summed E-state index contributed by atoms with van der Waals surface area (Å²) in [6.45, 7) is 0.697. The van der Waals surface area contributed by atoms with Gasteiger partial charge in [-0.1, -0.05) is 31.0 Å². The summed E-state index contributed by atoms with van der Waals surface area (Å²) in [5.74, 6) is 0.385. The molecule has 4 aromatic rings. The highest BCUT2D eigenvalue weighted by molar-refractivity contribution is 7.21. The van der Waals surface area contributed by atoms with Gasteiger partial charge >= 0.3 is 0 Å². The lowest BCUT2D eigenvalue weighted by Crippen LogP contribution is -2.41. The molecule has 32 heavy (non-hydrogen) atoms. The summed E-state index contributed by atoms with van der Waals surface area (Å²) in [5.41, 5.74) is 1.45. The van der Waals surface area contributed by atoms with Crippen LogP contribution in [0.2, 0.25) is 0 Å². The number of imidazole rings is 1. The molecule has 1 fully saturated rings. The number of rotatable bonds is 4. The first-order valence-corrected chi connectivity index (χ1v) is 11.8. The average Bonchev–Trinajstić information content (AvgIpc) is 3.33. The lowest BCUT2D eigenvalue weighted by molar-refractivity contribution is 0.0677. The van der Waals surface area contributed by atoms with E-state index in [2.05, 4.69) is 27.4 Å². The molecule has 1 aliphatic rings. The van der Waals surface area contributed by atoms with E-state index in [1.54, 1.807) is 23.8 Å². The lowest BCUT2D eigenvalue weighted by atomic mass is 9.97. The zero-order chi connectivity index (χ0) is 22.1. The van der Waals surface area contributed by atoms with Crippen molar-refractivity contribution in [3.05, 3.63) is 65.1 Å². The SMILES string of the molecule is CNC(=O)c1sc2ccccc2c1C[C@H]1CCCCCN1C(=O)c1cn2cccnc2n1. The van der Waals surface area contributed by atoms with Gasteiger partial charge < -0.3 is 10.2 Å². The van der Waals surface area contributed by atoms with Crippen molar-refractivity contribution in [3.63, 3.8) is 0 Å². The van der Waals surface area contributed by atoms with Crippen molar-refractivity contribution in [2.75, 3.05) is 13.6 Å². The molecule has 0 spiro atoms. The number of hydrogen-bond donors (Lipinski definition) is 1. The molecule has 2 amide bonds. The number of aromatic nitrogens is 3. The van der Waals surface area contributed by atoms with E-state index in [9.17, 15) is 9.59 Å². The quantitative estimate of drug-likeness (QED) is 0.514. The molecule has 4 heterocycles. The summed E-state index contributed by atoms with van der Waals surface area (Å²) < 4.78 is 2.87. The fourth-order valence-electron chi connectivity index (χ4n) is 4.57. The molecule has 0 saturated carbocycles. The van der Waals surface area contributed by atoms with Gasteiger partial charge in [-0.15, -0.1) is 11.3 Å². The maximum absolute atomic E-state index is 13.5. The van der Waals surface area contributed by atoms with Crippen LogP contribution in [0.15, 0.2) is 48.9 Å². The molecule has 1 aromatic carbocycles. The van der Waals surface area contributed by atoms with Crippen LogP contribution >= 0.6 is 11.3 Å². The number of carbonyl (C=O) groups excluding carboxylic acids is 2. The fourth-order valence-corrected chi connectivity index (χ4v) is 5.75. The Morgan fingerprint density at radius 1 is 1.19 bits per heavy atom. The van der Waals surface area contributed by atoms with E-state index in [-0.39, 0.29) is 17.9 Å². The molecule has 8 heteroatoms. The Labute approximate surface area is 190 Å². The predicted molar refractivity (Wildman–Crippen MR) is 125 cm³/mol. The highest BCUT2D eigenvalue weighted by Gasteiger charge is 2.30. The standard InChI is InChI=1S/C24H25N5O2S/c1-25-22(30)21-18(17-9-4-5-10-20(17)32-21)14-16-8-3-2-6-13-29(16)23(31)19-15-28-12-7-11-26-24(28)27-19/h4-5,7,9-12,15-16H,2-3,6,8,13-14H2,1H3,(H,25,30)/t16-/m1/s1. The molecule has 0 unspecified atom stereocenters. The number of benzene rings is 1. The largest absolute Gasteiger partial charge is 0.354 e. The van der Waals surface area contributed by atoms with Crippen molar-refractivity contribution in [2.45, 2.75) is 38.1 Å². The fraction of sp³-hybridized carbons (Fsp3) is 0.333. The van der Waals surface area contributed by atoms with Gasteiger partial charge in [0.1, 0.15) is 5.69 Å². The second-order valence-electron chi connectivity index (χ2n) is 8.14. The molecule has 1 atom stereocenters. The molecular weight excluding hydrogens is 422 g/mol. The van der Waals surface area contributed by atoms with Crippen molar-refractivity contribution in [3.8, 4) is 0 Å². The van der Waals surface area contributed by atoms with Crippen LogP contribution in [0.25, 0.3) is 15.9 Å². The van der Waals surface area contributed by atoms with Crippen LogP contribution in [-0.2, 0) is 6.42 Å². The first-order valence-electron chi connectivity index (χ1n) is 11.0. The smallest absolute Gasteiger partial charge is 0.274 e. The summed E-state index contributed by atoms with van der Waals surface area (Å²) in [7, 11) is 1.66. The zero-order valence-electron chi connectivity index (χ0n) is 18.0. The van der Waals surface area contributed by atoms with Gasteiger partial charge in [0.25, 0.3) is 11.8 Å². The van der Waals surface area contributed by atoms with E-state index < -0.39 is 0 Å². The minimum absolute atomic E-state index is 0.0178. The van der Waals surface area contributed by atoms with Gasteiger partial charge in [0, 0.05) is 42.9 Å². The summed E-state index contributed by atoms with van der Waals surface area (Å²) in [6, 6.07) is 9.96. The Balaban J connectivity index is 1.51. The number of fused-ring (bicyclic) bond motifs is 2.